The second-order valence-electron chi connectivity index (χ2n) is 6.72. The van der Waals surface area contributed by atoms with E-state index >= 15 is 0 Å². The number of hydrogen-bond donors (Lipinski definition) is 1. The highest BCUT2D eigenvalue weighted by Crippen LogP contribution is 2.25. The van der Waals surface area contributed by atoms with E-state index in [-0.39, 0.29) is 11.8 Å². The molecule has 3 heteroatoms. The SMILES string of the molecule is O=C(NCc1cccc(OC2CCCCC2)c1)C1CCCC1. The second kappa shape index (κ2) is 7.66. The molecular weight excluding hydrogens is 274 g/mol. The van der Waals surface area contributed by atoms with E-state index in [2.05, 4.69) is 17.4 Å². The predicted molar refractivity (Wildman–Crippen MR) is 87.7 cm³/mol. The Kier molecular flexibility index (Phi) is 5.36. The van der Waals surface area contributed by atoms with Crippen LogP contribution < -0.4 is 10.1 Å². The van der Waals surface area contributed by atoms with Crippen molar-refractivity contribution in [1.29, 1.82) is 0 Å². The summed E-state index contributed by atoms with van der Waals surface area (Å²) in [6.07, 6.45) is 11.1. The maximum absolute atomic E-state index is 12.1. The normalized spacial score (nSPS) is 20.0. The molecule has 0 aliphatic heterocycles. The topological polar surface area (TPSA) is 38.3 Å². The largest absolute Gasteiger partial charge is 0.490 e. The van der Waals surface area contributed by atoms with Crippen molar-refractivity contribution in [3.8, 4) is 5.75 Å². The molecule has 1 aromatic rings. The van der Waals surface area contributed by atoms with Crippen LogP contribution in [0, 0.1) is 5.92 Å². The van der Waals surface area contributed by atoms with Crippen molar-refractivity contribution in [3.63, 3.8) is 0 Å². The van der Waals surface area contributed by atoms with E-state index in [0.29, 0.717) is 12.6 Å². The Bertz CT molecular complexity index is 488. The quantitative estimate of drug-likeness (QED) is 0.885. The molecule has 0 aromatic heterocycles. The highest BCUT2D eigenvalue weighted by atomic mass is 16.5. The first-order valence-electron chi connectivity index (χ1n) is 8.84. The lowest BCUT2D eigenvalue weighted by Gasteiger charge is -2.23. The van der Waals surface area contributed by atoms with E-state index in [1.54, 1.807) is 0 Å². The molecule has 3 nitrogen and oxygen atoms in total. The van der Waals surface area contributed by atoms with Crippen LogP contribution in [0.5, 0.6) is 5.75 Å². The summed E-state index contributed by atoms with van der Waals surface area (Å²) in [4.78, 5) is 12.1. The summed E-state index contributed by atoms with van der Waals surface area (Å²) in [7, 11) is 0. The molecule has 0 bridgehead atoms. The Morgan fingerprint density at radius 2 is 1.77 bits per heavy atom. The highest BCUT2D eigenvalue weighted by molar-refractivity contribution is 5.78. The molecule has 0 saturated heterocycles. The van der Waals surface area contributed by atoms with E-state index in [1.807, 2.05) is 12.1 Å². The van der Waals surface area contributed by atoms with Crippen molar-refractivity contribution in [2.45, 2.75) is 70.4 Å². The van der Waals surface area contributed by atoms with Crippen molar-refractivity contribution >= 4 is 5.91 Å². The van der Waals surface area contributed by atoms with Gasteiger partial charge in [-0.25, -0.2) is 0 Å². The predicted octanol–water partition coefficient (Wildman–Crippen LogP) is 4.20. The van der Waals surface area contributed by atoms with Gasteiger partial charge in [0.05, 0.1) is 6.10 Å². The van der Waals surface area contributed by atoms with Crippen LogP contribution in [0.3, 0.4) is 0 Å². The fraction of sp³-hybridized carbons (Fsp3) is 0.632. The Balaban J connectivity index is 1.50. The summed E-state index contributed by atoms with van der Waals surface area (Å²) < 4.78 is 6.09. The number of nitrogens with one attached hydrogen (secondary N) is 1. The number of benzene rings is 1. The van der Waals surface area contributed by atoms with Crippen molar-refractivity contribution < 1.29 is 9.53 Å². The summed E-state index contributed by atoms with van der Waals surface area (Å²) in [6, 6.07) is 8.18. The molecule has 0 spiro atoms. The lowest BCUT2D eigenvalue weighted by atomic mass is 9.98. The first kappa shape index (κ1) is 15.4. The zero-order chi connectivity index (χ0) is 15.2. The third kappa shape index (κ3) is 4.25. The fourth-order valence-corrected chi connectivity index (χ4v) is 3.63. The number of rotatable bonds is 5. The number of carbonyl (C=O) groups is 1. The van der Waals surface area contributed by atoms with Gasteiger partial charge < -0.3 is 10.1 Å². The molecule has 1 amide bonds. The van der Waals surface area contributed by atoms with Gasteiger partial charge in [0.15, 0.2) is 0 Å². The molecular formula is C19H27NO2. The smallest absolute Gasteiger partial charge is 0.223 e. The molecule has 22 heavy (non-hydrogen) atoms. The number of amides is 1. The summed E-state index contributed by atoms with van der Waals surface area (Å²) in [5.41, 5.74) is 1.12. The monoisotopic (exact) mass is 301 g/mol. The van der Waals surface area contributed by atoms with Crippen LogP contribution in [-0.2, 0) is 11.3 Å². The molecule has 0 unspecified atom stereocenters. The molecule has 1 aromatic carbocycles. The molecule has 2 saturated carbocycles. The van der Waals surface area contributed by atoms with Gasteiger partial charge in [-0.1, -0.05) is 31.4 Å². The van der Waals surface area contributed by atoms with E-state index in [1.165, 1.54) is 44.9 Å². The highest BCUT2D eigenvalue weighted by Gasteiger charge is 2.22. The van der Waals surface area contributed by atoms with Crippen LogP contribution in [-0.4, -0.2) is 12.0 Å². The van der Waals surface area contributed by atoms with Gasteiger partial charge in [0, 0.05) is 12.5 Å². The van der Waals surface area contributed by atoms with Crippen LogP contribution in [0.4, 0.5) is 0 Å². The molecule has 0 atom stereocenters. The molecule has 0 heterocycles. The fourth-order valence-electron chi connectivity index (χ4n) is 3.63. The lowest BCUT2D eigenvalue weighted by Crippen LogP contribution is -2.28. The van der Waals surface area contributed by atoms with Crippen molar-refractivity contribution in [2.24, 2.45) is 5.92 Å². The average Bonchev–Trinajstić information content (AvgIpc) is 3.08. The van der Waals surface area contributed by atoms with Gasteiger partial charge in [-0.15, -0.1) is 0 Å². The van der Waals surface area contributed by atoms with E-state index in [0.717, 1.165) is 24.2 Å². The third-order valence-electron chi connectivity index (χ3n) is 4.95. The third-order valence-corrected chi connectivity index (χ3v) is 4.95. The van der Waals surface area contributed by atoms with Crippen molar-refractivity contribution in [2.75, 3.05) is 0 Å². The maximum Gasteiger partial charge on any atom is 0.223 e. The molecule has 2 aliphatic carbocycles. The average molecular weight is 301 g/mol. The van der Waals surface area contributed by atoms with Gasteiger partial charge in [-0.3, -0.25) is 4.79 Å². The van der Waals surface area contributed by atoms with Crippen molar-refractivity contribution in [3.05, 3.63) is 29.8 Å². The number of ether oxygens (including phenoxy) is 1. The molecule has 2 aliphatic rings. The summed E-state index contributed by atoms with van der Waals surface area (Å²) in [6.45, 7) is 0.608. The first-order valence-corrected chi connectivity index (χ1v) is 8.84. The first-order chi connectivity index (χ1) is 10.8. The van der Waals surface area contributed by atoms with Crippen LogP contribution in [0.25, 0.3) is 0 Å². The zero-order valence-corrected chi connectivity index (χ0v) is 13.4. The number of hydrogen-bond acceptors (Lipinski definition) is 2. The standard InChI is InChI=1S/C19H27NO2/c21-19(16-8-4-5-9-16)20-14-15-7-6-12-18(13-15)22-17-10-2-1-3-11-17/h6-7,12-13,16-17H,1-5,8-11,14H2,(H,20,21). The van der Waals surface area contributed by atoms with Crippen LogP contribution in [0.15, 0.2) is 24.3 Å². The Morgan fingerprint density at radius 1 is 1.05 bits per heavy atom. The maximum atomic E-state index is 12.1. The Morgan fingerprint density at radius 3 is 2.55 bits per heavy atom. The van der Waals surface area contributed by atoms with Crippen LogP contribution in [0.1, 0.15) is 63.4 Å². The van der Waals surface area contributed by atoms with Crippen LogP contribution >= 0.6 is 0 Å². The van der Waals surface area contributed by atoms with E-state index in [9.17, 15) is 4.79 Å². The van der Waals surface area contributed by atoms with Gasteiger partial charge in [0.2, 0.25) is 5.91 Å². The van der Waals surface area contributed by atoms with Gasteiger partial charge in [0.25, 0.3) is 0 Å². The summed E-state index contributed by atoms with van der Waals surface area (Å²) in [5.74, 6) is 1.40. The second-order valence-corrected chi connectivity index (χ2v) is 6.72. The number of carbonyl (C=O) groups excluding carboxylic acids is 1. The molecule has 120 valence electrons. The van der Waals surface area contributed by atoms with Crippen molar-refractivity contribution in [1.82, 2.24) is 5.32 Å². The van der Waals surface area contributed by atoms with Gasteiger partial charge in [0.1, 0.15) is 5.75 Å². The Hall–Kier alpha value is -1.51. The van der Waals surface area contributed by atoms with Gasteiger partial charge in [-0.2, -0.15) is 0 Å². The van der Waals surface area contributed by atoms with Gasteiger partial charge in [-0.05, 0) is 56.2 Å². The summed E-state index contributed by atoms with van der Waals surface area (Å²) >= 11 is 0. The minimum absolute atomic E-state index is 0.219. The van der Waals surface area contributed by atoms with Gasteiger partial charge >= 0.3 is 0 Å². The summed E-state index contributed by atoms with van der Waals surface area (Å²) in [5, 5.41) is 3.08. The molecule has 0 radical (unpaired) electrons. The molecule has 3 rings (SSSR count). The molecule has 2 fully saturated rings. The zero-order valence-electron chi connectivity index (χ0n) is 13.4. The lowest BCUT2D eigenvalue weighted by molar-refractivity contribution is -0.124. The Labute approximate surface area is 133 Å². The molecule has 1 N–H and O–H groups in total. The minimum atomic E-state index is 0.219. The van der Waals surface area contributed by atoms with E-state index in [4.69, 9.17) is 4.74 Å². The van der Waals surface area contributed by atoms with E-state index < -0.39 is 0 Å². The van der Waals surface area contributed by atoms with Crippen LogP contribution in [0.2, 0.25) is 0 Å². The minimum Gasteiger partial charge on any atom is -0.490 e.